The van der Waals surface area contributed by atoms with Gasteiger partial charge in [-0.3, -0.25) is 9.79 Å². The van der Waals surface area contributed by atoms with Gasteiger partial charge in [-0.05, 0) is 38.0 Å². The van der Waals surface area contributed by atoms with E-state index in [0.717, 1.165) is 5.56 Å². The molecule has 1 aromatic rings. The summed E-state index contributed by atoms with van der Waals surface area (Å²) in [4.78, 5) is 16.0. The number of rotatable bonds is 8. The first-order valence-corrected chi connectivity index (χ1v) is 10.3. The van der Waals surface area contributed by atoms with Gasteiger partial charge in [-0.25, -0.2) is 8.42 Å². The number of hydrogen-bond acceptors (Lipinski definition) is 4. The molecule has 140 valence electrons. The topological polar surface area (TPSA) is 99.7 Å². The summed E-state index contributed by atoms with van der Waals surface area (Å²) in [5, 5.41) is 9.10. The molecule has 1 atom stereocenters. The lowest BCUT2D eigenvalue weighted by atomic mass is 10.1. The number of guanidine groups is 1. The average molecular weight is 369 g/mol. The SMILES string of the molecule is CCNC(=O)c1cccc(CNC(=NC)NC(C)CCS(C)(=O)=O)c1. The molecule has 0 fully saturated rings. The molecule has 0 radical (unpaired) electrons. The molecule has 0 bridgehead atoms. The number of hydrogen-bond donors (Lipinski definition) is 3. The van der Waals surface area contributed by atoms with Crippen molar-refractivity contribution in [1.29, 1.82) is 0 Å². The molecule has 0 aliphatic heterocycles. The lowest BCUT2D eigenvalue weighted by molar-refractivity contribution is 0.0955. The number of benzene rings is 1. The molecule has 8 heteroatoms. The van der Waals surface area contributed by atoms with Crippen LogP contribution < -0.4 is 16.0 Å². The molecule has 1 amide bonds. The van der Waals surface area contributed by atoms with Gasteiger partial charge < -0.3 is 16.0 Å². The van der Waals surface area contributed by atoms with Crippen LogP contribution in [0.4, 0.5) is 0 Å². The standard InChI is InChI=1S/C17H28N4O3S/c1-5-19-16(22)15-8-6-7-14(11-15)12-20-17(18-3)21-13(2)9-10-25(4,23)24/h6-8,11,13H,5,9-10,12H2,1-4H3,(H,19,22)(H2,18,20,21). The van der Waals surface area contributed by atoms with Crippen LogP contribution in [-0.4, -0.2) is 51.9 Å². The zero-order chi connectivity index (χ0) is 18.9. The molecule has 0 saturated carbocycles. The summed E-state index contributed by atoms with van der Waals surface area (Å²) in [5.74, 6) is 0.623. The molecular weight excluding hydrogens is 340 g/mol. The maximum Gasteiger partial charge on any atom is 0.251 e. The third-order valence-electron chi connectivity index (χ3n) is 3.51. The quantitative estimate of drug-likeness (QED) is 0.468. The Bertz CT molecular complexity index is 702. The van der Waals surface area contributed by atoms with Gasteiger partial charge in [-0.1, -0.05) is 12.1 Å². The Balaban J connectivity index is 2.57. The van der Waals surface area contributed by atoms with E-state index < -0.39 is 9.84 Å². The van der Waals surface area contributed by atoms with Crippen LogP contribution in [0.5, 0.6) is 0 Å². The zero-order valence-electron chi connectivity index (χ0n) is 15.3. The van der Waals surface area contributed by atoms with E-state index in [1.807, 2.05) is 32.0 Å². The first-order chi connectivity index (χ1) is 11.7. The van der Waals surface area contributed by atoms with Gasteiger partial charge in [-0.2, -0.15) is 0 Å². The summed E-state index contributed by atoms with van der Waals surface area (Å²) >= 11 is 0. The summed E-state index contributed by atoms with van der Waals surface area (Å²) in [7, 11) is -1.32. The van der Waals surface area contributed by atoms with Crippen molar-refractivity contribution >= 4 is 21.7 Å². The Kier molecular flexibility index (Phi) is 8.40. The van der Waals surface area contributed by atoms with E-state index in [4.69, 9.17) is 0 Å². The summed E-state index contributed by atoms with van der Waals surface area (Å²) in [6.07, 6.45) is 1.74. The predicted molar refractivity (Wildman–Crippen MR) is 102 cm³/mol. The van der Waals surface area contributed by atoms with Crippen LogP contribution in [0.1, 0.15) is 36.2 Å². The highest BCUT2D eigenvalue weighted by molar-refractivity contribution is 7.90. The van der Waals surface area contributed by atoms with Crippen LogP contribution in [-0.2, 0) is 16.4 Å². The molecule has 0 aliphatic carbocycles. The highest BCUT2D eigenvalue weighted by atomic mass is 32.2. The molecule has 25 heavy (non-hydrogen) atoms. The van der Waals surface area contributed by atoms with Gasteiger partial charge in [0.15, 0.2) is 5.96 Å². The van der Waals surface area contributed by atoms with Crippen LogP contribution in [0.2, 0.25) is 0 Å². The maximum absolute atomic E-state index is 11.9. The lowest BCUT2D eigenvalue weighted by Crippen LogP contribution is -2.42. The van der Waals surface area contributed by atoms with Gasteiger partial charge >= 0.3 is 0 Å². The number of aliphatic imine (C=N–C) groups is 1. The third kappa shape index (κ3) is 8.53. The maximum atomic E-state index is 11.9. The highest BCUT2D eigenvalue weighted by Crippen LogP contribution is 2.05. The molecule has 1 aromatic carbocycles. The second-order valence-corrected chi connectivity index (χ2v) is 8.21. The Morgan fingerprint density at radius 2 is 2.00 bits per heavy atom. The monoisotopic (exact) mass is 368 g/mol. The molecule has 3 N–H and O–H groups in total. The van der Waals surface area contributed by atoms with Gasteiger partial charge in [0.25, 0.3) is 5.91 Å². The Hall–Kier alpha value is -2.09. The number of sulfone groups is 1. The average Bonchev–Trinajstić information content (AvgIpc) is 2.56. The molecule has 0 spiro atoms. The van der Waals surface area contributed by atoms with Crippen LogP contribution in [0.25, 0.3) is 0 Å². The molecule has 0 saturated heterocycles. The predicted octanol–water partition coefficient (Wildman–Crippen LogP) is 0.925. The third-order valence-corrected chi connectivity index (χ3v) is 4.49. The minimum Gasteiger partial charge on any atom is -0.354 e. The second kappa shape index (κ2) is 10.0. The van der Waals surface area contributed by atoms with Gasteiger partial charge in [0.1, 0.15) is 9.84 Å². The highest BCUT2D eigenvalue weighted by Gasteiger charge is 2.10. The fourth-order valence-electron chi connectivity index (χ4n) is 2.16. The molecular formula is C17H28N4O3S. The fourth-order valence-corrected chi connectivity index (χ4v) is 2.94. The van der Waals surface area contributed by atoms with Crippen LogP contribution >= 0.6 is 0 Å². The second-order valence-electron chi connectivity index (χ2n) is 5.95. The molecule has 0 aliphatic rings. The van der Waals surface area contributed by atoms with Crippen molar-refractivity contribution < 1.29 is 13.2 Å². The first-order valence-electron chi connectivity index (χ1n) is 8.27. The Morgan fingerprint density at radius 1 is 1.28 bits per heavy atom. The van der Waals surface area contributed by atoms with Gasteiger partial charge in [0.2, 0.25) is 0 Å². The van der Waals surface area contributed by atoms with Gasteiger partial charge in [-0.15, -0.1) is 0 Å². The number of carbonyl (C=O) groups is 1. The summed E-state index contributed by atoms with van der Waals surface area (Å²) in [6.45, 7) is 4.88. The van der Waals surface area contributed by atoms with Crippen molar-refractivity contribution in [3.63, 3.8) is 0 Å². The van der Waals surface area contributed by atoms with E-state index in [2.05, 4.69) is 20.9 Å². The first kappa shape index (κ1) is 21.0. The lowest BCUT2D eigenvalue weighted by Gasteiger charge is -2.17. The van der Waals surface area contributed by atoms with Gasteiger partial charge in [0, 0.05) is 38.0 Å². The van der Waals surface area contributed by atoms with Crippen LogP contribution in [0.3, 0.4) is 0 Å². The number of nitrogens with zero attached hydrogens (tertiary/aromatic N) is 1. The number of nitrogens with one attached hydrogen (secondary N) is 3. The van der Waals surface area contributed by atoms with Gasteiger partial charge in [0.05, 0.1) is 5.75 Å². The minimum atomic E-state index is -2.97. The number of amides is 1. The normalized spacial score (nSPS) is 13.2. The molecule has 0 aromatic heterocycles. The van der Waals surface area contributed by atoms with Crippen LogP contribution in [0.15, 0.2) is 29.3 Å². The zero-order valence-corrected chi connectivity index (χ0v) is 16.1. The van der Waals surface area contributed by atoms with E-state index in [1.54, 1.807) is 13.1 Å². The Morgan fingerprint density at radius 3 is 2.60 bits per heavy atom. The van der Waals surface area contributed by atoms with Crippen molar-refractivity contribution in [3.8, 4) is 0 Å². The fraction of sp³-hybridized carbons (Fsp3) is 0.529. The van der Waals surface area contributed by atoms with Crippen molar-refractivity contribution in [3.05, 3.63) is 35.4 Å². The van der Waals surface area contributed by atoms with E-state index in [1.165, 1.54) is 6.26 Å². The van der Waals surface area contributed by atoms with E-state index in [0.29, 0.717) is 31.0 Å². The van der Waals surface area contributed by atoms with E-state index >= 15 is 0 Å². The summed E-state index contributed by atoms with van der Waals surface area (Å²) in [6, 6.07) is 7.35. The number of carbonyl (C=O) groups excluding carboxylic acids is 1. The minimum absolute atomic E-state index is 0.0254. The summed E-state index contributed by atoms with van der Waals surface area (Å²) < 4.78 is 22.5. The summed E-state index contributed by atoms with van der Waals surface area (Å²) in [5.41, 5.74) is 1.57. The molecule has 0 heterocycles. The van der Waals surface area contributed by atoms with Crippen molar-refractivity contribution in [1.82, 2.24) is 16.0 Å². The largest absolute Gasteiger partial charge is 0.354 e. The van der Waals surface area contributed by atoms with Crippen molar-refractivity contribution in [2.75, 3.05) is 25.6 Å². The molecule has 7 nitrogen and oxygen atoms in total. The Labute approximate surface area is 150 Å². The molecule has 1 unspecified atom stereocenters. The van der Waals surface area contributed by atoms with E-state index in [9.17, 15) is 13.2 Å². The van der Waals surface area contributed by atoms with Crippen molar-refractivity contribution in [2.45, 2.75) is 32.9 Å². The smallest absolute Gasteiger partial charge is 0.251 e. The van der Waals surface area contributed by atoms with E-state index in [-0.39, 0.29) is 17.7 Å². The van der Waals surface area contributed by atoms with Crippen molar-refractivity contribution in [2.24, 2.45) is 4.99 Å². The molecule has 1 rings (SSSR count). The van der Waals surface area contributed by atoms with Crippen LogP contribution in [0, 0.1) is 0 Å².